The zero-order valence-corrected chi connectivity index (χ0v) is 23.5. The molecule has 0 aliphatic carbocycles. The molecule has 0 saturated carbocycles. The van der Waals surface area contributed by atoms with Gasteiger partial charge in [0, 0.05) is 26.2 Å². The summed E-state index contributed by atoms with van der Waals surface area (Å²) in [6, 6.07) is -0.775. The van der Waals surface area contributed by atoms with Crippen molar-refractivity contribution >= 4 is 17.8 Å². The van der Waals surface area contributed by atoms with E-state index in [-0.39, 0.29) is 25.0 Å². The quantitative estimate of drug-likeness (QED) is 0.163. The Kier molecular flexibility index (Phi) is 11.0. The number of likely N-dealkylation sites (tertiary alicyclic amines) is 1. The lowest BCUT2D eigenvalue weighted by atomic mass is 9.65. The first-order valence-electron chi connectivity index (χ1n) is 14.7. The molecule has 5 atom stereocenters. The maximum Gasteiger partial charge on any atom is 0.312 e. The molecule has 2 amide bonds. The van der Waals surface area contributed by atoms with Crippen LogP contribution in [0.5, 0.6) is 0 Å². The molecule has 3 saturated heterocycles. The minimum absolute atomic E-state index is 0.0926. The monoisotopic (exact) mass is 532 g/mol. The summed E-state index contributed by atoms with van der Waals surface area (Å²) < 4.78 is 12.5. The van der Waals surface area contributed by atoms with Crippen molar-refractivity contribution in [3.8, 4) is 0 Å². The summed E-state index contributed by atoms with van der Waals surface area (Å²) in [6.07, 6.45) is 11.7. The number of hydrogen-bond acceptors (Lipinski definition) is 6. The lowest BCUT2D eigenvalue weighted by molar-refractivity contribution is -0.162. The number of carbonyl (C=O) groups excluding carboxylic acids is 3. The molecule has 38 heavy (non-hydrogen) atoms. The molecule has 1 spiro atoms. The van der Waals surface area contributed by atoms with Gasteiger partial charge < -0.3 is 24.4 Å². The summed E-state index contributed by atoms with van der Waals surface area (Å²) in [6.45, 7) is 13.4. The van der Waals surface area contributed by atoms with Crippen molar-refractivity contribution in [3.05, 3.63) is 25.3 Å². The van der Waals surface area contributed by atoms with E-state index in [0.717, 1.165) is 32.1 Å². The smallest absolute Gasteiger partial charge is 0.312 e. The van der Waals surface area contributed by atoms with Gasteiger partial charge in [-0.15, -0.1) is 13.2 Å². The minimum Gasteiger partial charge on any atom is -0.465 e. The van der Waals surface area contributed by atoms with Crippen molar-refractivity contribution < 1.29 is 29.0 Å². The SMILES string of the molecule is C=CCCCOC(=O)[C@H]1[C@H]2C(=O)N(CCCCCO)C(C(=O)N(CC=C)CCCCC)C23CC[C@]1(CC)O3. The number of aliphatic hydroxyl groups is 1. The minimum atomic E-state index is -1.03. The van der Waals surface area contributed by atoms with E-state index < -0.39 is 35.0 Å². The highest BCUT2D eigenvalue weighted by Crippen LogP contribution is 2.64. The fourth-order valence-corrected chi connectivity index (χ4v) is 6.83. The highest BCUT2D eigenvalue weighted by atomic mass is 16.6. The second-order valence-corrected chi connectivity index (χ2v) is 11.0. The Bertz CT molecular complexity index is 862. The first-order valence-corrected chi connectivity index (χ1v) is 14.7. The van der Waals surface area contributed by atoms with Gasteiger partial charge in [-0.1, -0.05) is 38.8 Å². The molecule has 1 N–H and O–H groups in total. The third-order valence-electron chi connectivity index (χ3n) is 8.72. The average Bonchev–Trinajstić information content (AvgIpc) is 3.52. The standard InChI is InChI=1S/C30H48N2O6/c1-5-9-12-19-31(18-7-3)27(35)25-30-17-16-29(8-4,38-30)24(28(36)37-22-15-10-6-2)23(30)26(34)32(25)20-13-11-14-21-33/h6-7,23-25,33H,2-3,5,8-22H2,1,4H3/t23-,24+,25?,29-,30?/m0/s1. The molecule has 3 aliphatic rings. The number of amides is 2. The van der Waals surface area contributed by atoms with E-state index in [0.29, 0.717) is 58.2 Å². The molecular formula is C30H48N2O6. The van der Waals surface area contributed by atoms with Crippen LogP contribution in [0, 0.1) is 11.8 Å². The van der Waals surface area contributed by atoms with Gasteiger partial charge in [-0.25, -0.2) is 0 Å². The van der Waals surface area contributed by atoms with Crippen LogP contribution in [0.3, 0.4) is 0 Å². The van der Waals surface area contributed by atoms with Crippen LogP contribution in [0.15, 0.2) is 25.3 Å². The Hall–Kier alpha value is -2.19. The highest BCUT2D eigenvalue weighted by molar-refractivity contribution is 5.98. The number of esters is 1. The molecular weight excluding hydrogens is 484 g/mol. The number of allylic oxidation sites excluding steroid dienone is 1. The molecule has 0 radical (unpaired) electrons. The van der Waals surface area contributed by atoms with Gasteiger partial charge in [0.25, 0.3) is 0 Å². The zero-order valence-electron chi connectivity index (χ0n) is 23.5. The predicted octanol–water partition coefficient (Wildman–Crippen LogP) is 4.02. The molecule has 214 valence electrons. The van der Waals surface area contributed by atoms with Crippen LogP contribution < -0.4 is 0 Å². The number of ether oxygens (including phenoxy) is 2. The van der Waals surface area contributed by atoms with Crippen molar-refractivity contribution in [1.82, 2.24) is 9.80 Å². The Morgan fingerprint density at radius 1 is 1.13 bits per heavy atom. The normalized spacial score (nSPS) is 29.4. The van der Waals surface area contributed by atoms with Gasteiger partial charge >= 0.3 is 5.97 Å². The van der Waals surface area contributed by atoms with Crippen LogP contribution in [0.25, 0.3) is 0 Å². The zero-order chi connectivity index (χ0) is 27.8. The number of aliphatic hydroxyl groups excluding tert-OH is 1. The molecule has 2 unspecified atom stereocenters. The van der Waals surface area contributed by atoms with E-state index in [4.69, 9.17) is 9.47 Å². The molecule has 8 heteroatoms. The second kappa shape index (κ2) is 13.7. The van der Waals surface area contributed by atoms with E-state index in [2.05, 4.69) is 20.1 Å². The van der Waals surface area contributed by atoms with Crippen LogP contribution in [0.2, 0.25) is 0 Å². The number of hydrogen-bond donors (Lipinski definition) is 1. The van der Waals surface area contributed by atoms with Gasteiger partial charge in [-0.2, -0.15) is 0 Å². The van der Waals surface area contributed by atoms with Crippen LogP contribution in [-0.2, 0) is 23.9 Å². The predicted molar refractivity (Wildman–Crippen MR) is 146 cm³/mol. The molecule has 8 nitrogen and oxygen atoms in total. The molecule has 3 aliphatic heterocycles. The first kappa shape index (κ1) is 30.4. The van der Waals surface area contributed by atoms with Gasteiger partial charge in [-0.3, -0.25) is 14.4 Å². The Labute approximate surface area is 228 Å². The number of nitrogens with zero attached hydrogens (tertiary/aromatic N) is 2. The number of rotatable bonds is 18. The third kappa shape index (κ3) is 5.71. The van der Waals surface area contributed by atoms with Gasteiger partial charge in [0.15, 0.2) is 0 Å². The molecule has 0 aromatic rings. The maximum absolute atomic E-state index is 14.3. The van der Waals surface area contributed by atoms with E-state index in [9.17, 15) is 19.5 Å². The number of fused-ring (bicyclic) bond motifs is 1. The fraction of sp³-hybridized carbons (Fsp3) is 0.767. The van der Waals surface area contributed by atoms with Gasteiger partial charge in [0.05, 0.1) is 18.1 Å². The van der Waals surface area contributed by atoms with Crippen molar-refractivity contribution in [2.24, 2.45) is 11.8 Å². The summed E-state index contributed by atoms with van der Waals surface area (Å²) in [5, 5.41) is 9.23. The number of unbranched alkanes of at least 4 members (excludes halogenated alkanes) is 5. The summed E-state index contributed by atoms with van der Waals surface area (Å²) in [5.41, 5.74) is -1.82. The van der Waals surface area contributed by atoms with Crippen LogP contribution in [-0.4, -0.2) is 82.8 Å². The lowest BCUT2D eigenvalue weighted by Gasteiger charge is -2.37. The van der Waals surface area contributed by atoms with E-state index >= 15 is 0 Å². The average molecular weight is 533 g/mol. The highest BCUT2D eigenvalue weighted by Gasteiger charge is 2.79. The Morgan fingerprint density at radius 3 is 2.58 bits per heavy atom. The van der Waals surface area contributed by atoms with E-state index in [1.165, 1.54) is 0 Å². The second-order valence-electron chi connectivity index (χ2n) is 11.0. The van der Waals surface area contributed by atoms with Crippen LogP contribution >= 0.6 is 0 Å². The summed E-state index contributed by atoms with van der Waals surface area (Å²) in [7, 11) is 0. The van der Waals surface area contributed by atoms with Crippen molar-refractivity contribution in [3.63, 3.8) is 0 Å². The van der Waals surface area contributed by atoms with E-state index in [1.54, 1.807) is 22.0 Å². The summed E-state index contributed by atoms with van der Waals surface area (Å²) in [5.74, 6) is -2.14. The molecule has 3 rings (SSSR count). The third-order valence-corrected chi connectivity index (χ3v) is 8.72. The first-order chi connectivity index (χ1) is 18.4. The van der Waals surface area contributed by atoms with Crippen molar-refractivity contribution in [2.45, 2.75) is 102 Å². The van der Waals surface area contributed by atoms with Gasteiger partial charge in [0.2, 0.25) is 11.8 Å². The van der Waals surface area contributed by atoms with Crippen LogP contribution in [0.1, 0.15) is 84.5 Å². The molecule has 0 aromatic carbocycles. The largest absolute Gasteiger partial charge is 0.465 e. The van der Waals surface area contributed by atoms with E-state index in [1.807, 2.05) is 6.92 Å². The Balaban J connectivity index is 1.96. The van der Waals surface area contributed by atoms with Gasteiger partial charge in [-0.05, 0) is 57.8 Å². The molecule has 0 aromatic heterocycles. The molecule has 2 bridgehead atoms. The van der Waals surface area contributed by atoms with Gasteiger partial charge in [0.1, 0.15) is 17.6 Å². The summed E-state index contributed by atoms with van der Waals surface area (Å²) >= 11 is 0. The lowest BCUT2D eigenvalue weighted by Crippen LogP contribution is -2.56. The fourth-order valence-electron chi connectivity index (χ4n) is 6.83. The Morgan fingerprint density at radius 2 is 1.92 bits per heavy atom. The summed E-state index contributed by atoms with van der Waals surface area (Å²) in [4.78, 5) is 45.4. The maximum atomic E-state index is 14.3. The van der Waals surface area contributed by atoms with Crippen LogP contribution in [0.4, 0.5) is 0 Å². The molecule has 3 fully saturated rings. The van der Waals surface area contributed by atoms with Crippen molar-refractivity contribution in [2.75, 3.05) is 32.8 Å². The molecule has 3 heterocycles. The topological polar surface area (TPSA) is 96.4 Å². The number of carbonyl (C=O) groups is 3. The van der Waals surface area contributed by atoms with Crippen molar-refractivity contribution in [1.29, 1.82) is 0 Å².